The Labute approximate surface area is 140 Å². The van der Waals surface area contributed by atoms with Crippen LogP contribution in [0.15, 0.2) is 25.7 Å². The molecule has 1 N–H and O–H groups in total. The van der Waals surface area contributed by atoms with Crippen LogP contribution in [-0.4, -0.2) is 21.7 Å². The van der Waals surface area contributed by atoms with Gasteiger partial charge in [0, 0.05) is 15.1 Å². The van der Waals surface area contributed by atoms with Crippen LogP contribution in [0.3, 0.4) is 0 Å². The Morgan fingerprint density at radius 3 is 3.05 bits per heavy atom. The maximum Gasteiger partial charge on any atom is 0.244 e. The fourth-order valence-electron chi connectivity index (χ4n) is 2.61. The molecule has 1 aliphatic heterocycles. The summed E-state index contributed by atoms with van der Waals surface area (Å²) in [6.07, 6.45) is 5.18. The van der Waals surface area contributed by atoms with Crippen LogP contribution in [0.5, 0.6) is 0 Å². The van der Waals surface area contributed by atoms with Crippen molar-refractivity contribution in [1.29, 1.82) is 0 Å². The number of rotatable bonds is 3. The van der Waals surface area contributed by atoms with Gasteiger partial charge in [-0.1, -0.05) is 18.5 Å². The zero-order valence-electron chi connectivity index (χ0n) is 11.6. The van der Waals surface area contributed by atoms with Crippen molar-refractivity contribution in [3.8, 4) is 11.5 Å². The summed E-state index contributed by atoms with van der Waals surface area (Å²) in [5.74, 6) is 1.90. The molecule has 0 amide bonds. The van der Waals surface area contributed by atoms with Crippen molar-refractivity contribution in [3.63, 3.8) is 0 Å². The van der Waals surface area contributed by atoms with Crippen LogP contribution in [0.25, 0.3) is 11.5 Å². The van der Waals surface area contributed by atoms with E-state index in [9.17, 15) is 0 Å². The summed E-state index contributed by atoms with van der Waals surface area (Å²) in [5, 5.41) is 7.52. The first-order valence-corrected chi connectivity index (χ1v) is 8.64. The van der Waals surface area contributed by atoms with Gasteiger partial charge in [0.1, 0.15) is 5.69 Å². The highest BCUT2D eigenvalue weighted by atomic mass is 79.9. The van der Waals surface area contributed by atoms with E-state index in [4.69, 9.17) is 4.52 Å². The molecule has 2 unspecified atom stereocenters. The van der Waals surface area contributed by atoms with E-state index in [-0.39, 0.29) is 6.04 Å². The van der Waals surface area contributed by atoms with Gasteiger partial charge in [0.05, 0.1) is 6.04 Å². The number of piperidine rings is 1. The van der Waals surface area contributed by atoms with E-state index in [1.807, 2.05) is 6.07 Å². The van der Waals surface area contributed by atoms with Gasteiger partial charge >= 0.3 is 0 Å². The van der Waals surface area contributed by atoms with Gasteiger partial charge in [0.15, 0.2) is 0 Å². The largest absolute Gasteiger partial charge is 0.337 e. The Kier molecular flexibility index (Phi) is 4.71. The molecule has 2 aromatic rings. The Morgan fingerprint density at radius 1 is 1.43 bits per heavy atom. The van der Waals surface area contributed by atoms with Crippen LogP contribution in [-0.2, 0) is 0 Å². The molecule has 1 aliphatic rings. The second kappa shape index (κ2) is 6.54. The average molecular weight is 416 g/mol. The van der Waals surface area contributed by atoms with Crippen molar-refractivity contribution >= 4 is 31.9 Å². The molecule has 7 heteroatoms. The molecule has 1 fully saturated rings. The molecule has 21 heavy (non-hydrogen) atoms. The first kappa shape index (κ1) is 15.1. The smallest absolute Gasteiger partial charge is 0.244 e. The molecule has 0 spiro atoms. The highest BCUT2D eigenvalue weighted by Gasteiger charge is 2.26. The summed E-state index contributed by atoms with van der Waals surface area (Å²) in [6.45, 7) is 3.23. The SMILES string of the molecule is CCC1CCNC(c2nc(-c3ncc(Br)cc3Br)no2)C1. The van der Waals surface area contributed by atoms with Crippen LogP contribution < -0.4 is 5.32 Å². The van der Waals surface area contributed by atoms with Gasteiger partial charge in [-0.25, -0.2) is 0 Å². The Balaban J connectivity index is 1.83. The third-order valence-corrected chi connectivity index (χ3v) is 4.89. The lowest BCUT2D eigenvalue weighted by atomic mass is 9.90. The van der Waals surface area contributed by atoms with Crippen molar-refractivity contribution < 1.29 is 4.52 Å². The van der Waals surface area contributed by atoms with E-state index in [2.05, 4.69) is 59.2 Å². The van der Waals surface area contributed by atoms with Gasteiger partial charge in [-0.05, 0) is 63.2 Å². The molecule has 112 valence electrons. The lowest BCUT2D eigenvalue weighted by Crippen LogP contribution is -2.31. The second-order valence-corrected chi connectivity index (χ2v) is 7.02. The zero-order valence-corrected chi connectivity index (χ0v) is 14.8. The average Bonchev–Trinajstić information content (AvgIpc) is 2.97. The minimum absolute atomic E-state index is 0.152. The first-order chi connectivity index (χ1) is 10.2. The molecule has 0 radical (unpaired) electrons. The summed E-state index contributed by atoms with van der Waals surface area (Å²) < 4.78 is 7.18. The fourth-order valence-corrected chi connectivity index (χ4v) is 3.77. The lowest BCUT2D eigenvalue weighted by Gasteiger charge is -2.27. The summed E-state index contributed by atoms with van der Waals surface area (Å²) in [4.78, 5) is 8.85. The summed E-state index contributed by atoms with van der Waals surface area (Å²) in [6, 6.07) is 2.07. The summed E-state index contributed by atoms with van der Waals surface area (Å²) in [5.41, 5.74) is 0.691. The highest BCUT2D eigenvalue weighted by Crippen LogP contribution is 2.31. The van der Waals surface area contributed by atoms with E-state index in [1.54, 1.807) is 6.20 Å². The van der Waals surface area contributed by atoms with Gasteiger partial charge in [-0.2, -0.15) is 4.98 Å². The molecule has 0 bridgehead atoms. The first-order valence-electron chi connectivity index (χ1n) is 7.05. The standard InChI is InChI=1S/C14H16Br2N4O/c1-2-8-3-4-17-11(5-8)14-19-13(20-21-14)12-10(16)6-9(15)7-18-12/h6-8,11,17H,2-5H2,1H3. The molecule has 0 aromatic carbocycles. The van der Waals surface area contributed by atoms with E-state index in [1.165, 1.54) is 12.8 Å². The Hall–Kier alpha value is -0.790. The van der Waals surface area contributed by atoms with Gasteiger partial charge in [-0.15, -0.1) is 0 Å². The number of nitrogens with one attached hydrogen (secondary N) is 1. The van der Waals surface area contributed by atoms with Gasteiger partial charge < -0.3 is 9.84 Å². The predicted molar refractivity (Wildman–Crippen MR) is 86.7 cm³/mol. The van der Waals surface area contributed by atoms with Gasteiger partial charge in [0.2, 0.25) is 11.7 Å². The number of hydrogen-bond donors (Lipinski definition) is 1. The normalized spacial score (nSPS) is 22.4. The number of nitrogens with zero attached hydrogens (tertiary/aromatic N) is 3. The van der Waals surface area contributed by atoms with E-state index < -0.39 is 0 Å². The predicted octanol–water partition coefficient (Wildman–Crippen LogP) is 4.11. The second-order valence-electron chi connectivity index (χ2n) is 5.25. The lowest BCUT2D eigenvalue weighted by molar-refractivity contribution is 0.246. The minimum atomic E-state index is 0.152. The third-order valence-electron chi connectivity index (χ3n) is 3.85. The van der Waals surface area contributed by atoms with E-state index in [0.717, 1.165) is 27.8 Å². The molecule has 3 heterocycles. The molecule has 3 rings (SSSR count). The van der Waals surface area contributed by atoms with Crippen molar-refractivity contribution in [3.05, 3.63) is 27.1 Å². The molecular weight excluding hydrogens is 400 g/mol. The van der Waals surface area contributed by atoms with Crippen LogP contribution >= 0.6 is 31.9 Å². The number of halogens is 2. The fraction of sp³-hybridized carbons (Fsp3) is 0.500. The van der Waals surface area contributed by atoms with E-state index >= 15 is 0 Å². The molecule has 0 saturated carbocycles. The Morgan fingerprint density at radius 2 is 2.29 bits per heavy atom. The van der Waals surface area contributed by atoms with Crippen molar-refractivity contribution in [2.45, 2.75) is 32.2 Å². The van der Waals surface area contributed by atoms with Crippen molar-refractivity contribution in [1.82, 2.24) is 20.4 Å². The number of pyridine rings is 1. The molecule has 5 nitrogen and oxygen atoms in total. The minimum Gasteiger partial charge on any atom is -0.337 e. The third kappa shape index (κ3) is 3.35. The van der Waals surface area contributed by atoms with Crippen molar-refractivity contribution in [2.24, 2.45) is 5.92 Å². The van der Waals surface area contributed by atoms with Gasteiger partial charge in [-0.3, -0.25) is 4.98 Å². The number of hydrogen-bond acceptors (Lipinski definition) is 5. The van der Waals surface area contributed by atoms with Crippen LogP contribution in [0.1, 0.15) is 38.1 Å². The van der Waals surface area contributed by atoms with Crippen LogP contribution in [0.2, 0.25) is 0 Å². The number of aromatic nitrogens is 3. The maximum atomic E-state index is 5.44. The summed E-state index contributed by atoms with van der Waals surface area (Å²) >= 11 is 6.86. The quantitative estimate of drug-likeness (QED) is 0.817. The van der Waals surface area contributed by atoms with Gasteiger partial charge in [0.25, 0.3) is 0 Å². The van der Waals surface area contributed by atoms with E-state index in [0.29, 0.717) is 17.4 Å². The van der Waals surface area contributed by atoms with Crippen molar-refractivity contribution in [2.75, 3.05) is 6.54 Å². The maximum absolute atomic E-state index is 5.44. The molecule has 0 aliphatic carbocycles. The molecular formula is C14H16Br2N4O. The van der Waals surface area contributed by atoms with Crippen LogP contribution in [0.4, 0.5) is 0 Å². The molecule has 1 saturated heterocycles. The zero-order chi connectivity index (χ0) is 14.8. The highest BCUT2D eigenvalue weighted by molar-refractivity contribution is 9.11. The summed E-state index contributed by atoms with van der Waals surface area (Å²) in [7, 11) is 0. The van der Waals surface area contributed by atoms with Crippen LogP contribution in [0, 0.1) is 5.92 Å². The topological polar surface area (TPSA) is 63.8 Å². The monoisotopic (exact) mass is 414 g/mol. The Bertz CT molecular complexity index is 631. The molecule has 2 atom stereocenters. The molecule has 2 aromatic heterocycles.